The number of nitrogens with zero attached hydrogens (tertiary/aromatic N) is 3. The Kier molecular flexibility index (Phi) is 4.52. The Balaban J connectivity index is 2.36. The van der Waals surface area contributed by atoms with Crippen LogP contribution in [0.15, 0.2) is 18.5 Å². The van der Waals surface area contributed by atoms with Gasteiger partial charge in [0.25, 0.3) is 0 Å². The Morgan fingerprint density at radius 2 is 2.05 bits per heavy atom. The second-order valence-electron chi connectivity index (χ2n) is 6.97. The first-order valence-electron chi connectivity index (χ1n) is 7.64. The molecule has 0 aromatic carbocycles. The lowest BCUT2D eigenvalue weighted by Crippen LogP contribution is -2.36. The number of hydrogen-bond acceptors (Lipinski definition) is 4. The number of aromatic nitrogens is 3. The van der Waals surface area contributed by atoms with Crippen LogP contribution in [0.25, 0.3) is 5.52 Å². The normalized spacial score (nSPS) is 13.9. The smallest absolute Gasteiger partial charge is 0.152 e. The van der Waals surface area contributed by atoms with E-state index in [4.69, 9.17) is 5.73 Å². The van der Waals surface area contributed by atoms with Crippen LogP contribution < -0.4 is 11.1 Å². The number of nitrogens with two attached hydrogens (primary N) is 1. The molecule has 0 radical (unpaired) electrons. The summed E-state index contributed by atoms with van der Waals surface area (Å²) in [5, 5.41) is 8.16. The third-order valence-corrected chi connectivity index (χ3v) is 3.81. The van der Waals surface area contributed by atoms with Gasteiger partial charge in [-0.1, -0.05) is 34.6 Å². The van der Waals surface area contributed by atoms with Gasteiger partial charge in [0.1, 0.15) is 5.52 Å². The number of nitrogens with one attached hydrogen (secondary N) is 1. The molecule has 0 bridgehead atoms. The van der Waals surface area contributed by atoms with Crippen molar-refractivity contribution in [3.63, 3.8) is 0 Å². The van der Waals surface area contributed by atoms with E-state index in [1.165, 1.54) is 0 Å². The Bertz CT molecular complexity index is 594. The molecule has 21 heavy (non-hydrogen) atoms. The predicted molar refractivity (Wildman–Crippen MR) is 87.6 cm³/mol. The molecule has 2 aromatic heterocycles. The fourth-order valence-corrected chi connectivity index (χ4v) is 2.39. The molecule has 0 spiro atoms. The summed E-state index contributed by atoms with van der Waals surface area (Å²) >= 11 is 0. The molecular formula is C16H27N5. The lowest BCUT2D eigenvalue weighted by molar-refractivity contribution is 0.328. The van der Waals surface area contributed by atoms with Crippen LogP contribution in [0.3, 0.4) is 0 Å². The number of anilines is 1. The molecule has 5 heteroatoms. The average molecular weight is 289 g/mol. The molecule has 116 valence electrons. The number of hydrogen-bond donors (Lipinski definition) is 2. The Morgan fingerprint density at radius 3 is 2.62 bits per heavy atom. The highest BCUT2D eigenvalue weighted by Crippen LogP contribution is 2.27. The molecule has 2 heterocycles. The maximum atomic E-state index is 5.76. The SMILES string of the molecule is CC(C)c1cc2c(NC(CCN)C(C)(C)C)nccn2n1. The lowest BCUT2D eigenvalue weighted by atomic mass is 9.85. The van der Waals surface area contributed by atoms with Crippen molar-refractivity contribution >= 4 is 11.3 Å². The second kappa shape index (κ2) is 6.02. The summed E-state index contributed by atoms with van der Waals surface area (Å²) in [6.45, 7) is 11.6. The van der Waals surface area contributed by atoms with Crippen LogP contribution in [0.4, 0.5) is 5.82 Å². The third-order valence-electron chi connectivity index (χ3n) is 3.81. The number of fused-ring (bicyclic) bond motifs is 1. The summed E-state index contributed by atoms with van der Waals surface area (Å²) in [4.78, 5) is 4.50. The van der Waals surface area contributed by atoms with Gasteiger partial charge in [0.05, 0.1) is 5.69 Å². The molecule has 0 saturated carbocycles. The molecule has 2 rings (SSSR count). The molecule has 1 atom stereocenters. The van der Waals surface area contributed by atoms with E-state index in [9.17, 15) is 0 Å². The average Bonchev–Trinajstić information content (AvgIpc) is 2.82. The van der Waals surface area contributed by atoms with E-state index in [2.05, 4.69) is 56.1 Å². The molecule has 1 unspecified atom stereocenters. The maximum absolute atomic E-state index is 5.76. The van der Waals surface area contributed by atoms with Crippen LogP contribution >= 0.6 is 0 Å². The summed E-state index contributed by atoms with van der Waals surface area (Å²) in [5.74, 6) is 1.28. The maximum Gasteiger partial charge on any atom is 0.152 e. The summed E-state index contributed by atoms with van der Waals surface area (Å²) in [7, 11) is 0. The molecule has 0 aliphatic rings. The highest BCUT2D eigenvalue weighted by Gasteiger charge is 2.25. The first-order valence-corrected chi connectivity index (χ1v) is 7.64. The zero-order chi connectivity index (χ0) is 15.6. The first kappa shape index (κ1) is 15.8. The van der Waals surface area contributed by atoms with Gasteiger partial charge in [-0.25, -0.2) is 9.50 Å². The van der Waals surface area contributed by atoms with Gasteiger partial charge in [-0.05, 0) is 30.4 Å². The van der Waals surface area contributed by atoms with Crippen LogP contribution in [0.2, 0.25) is 0 Å². The van der Waals surface area contributed by atoms with Crippen LogP contribution in [-0.4, -0.2) is 27.2 Å². The van der Waals surface area contributed by atoms with Gasteiger partial charge in [-0.3, -0.25) is 0 Å². The lowest BCUT2D eigenvalue weighted by Gasteiger charge is -2.31. The van der Waals surface area contributed by atoms with Gasteiger partial charge in [0.2, 0.25) is 0 Å². The minimum absolute atomic E-state index is 0.120. The van der Waals surface area contributed by atoms with Gasteiger partial charge in [-0.2, -0.15) is 5.10 Å². The van der Waals surface area contributed by atoms with Gasteiger partial charge >= 0.3 is 0 Å². The Morgan fingerprint density at radius 1 is 1.33 bits per heavy atom. The summed E-state index contributed by atoms with van der Waals surface area (Å²) in [6.07, 6.45) is 4.59. The molecular weight excluding hydrogens is 262 g/mol. The van der Waals surface area contributed by atoms with Crippen molar-refractivity contribution in [3.05, 3.63) is 24.2 Å². The molecule has 0 aliphatic heterocycles. The van der Waals surface area contributed by atoms with Crippen molar-refractivity contribution in [1.82, 2.24) is 14.6 Å². The fourth-order valence-electron chi connectivity index (χ4n) is 2.39. The minimum Gasteiger partial charge on any atom is -0.365 e. The van der Waals surface area contributed by atoms with Crippen molar-refractivity contribution in [1.29, 1.82) is 0 Å². The van der Waals surface area contributed by atoms with Crippen molar-refractivity contribution in [3.8, 4) is 0 Å². The van der Waals surface area contributed by atoms with Gasteiger partial charge in [0.15, 0.2) is 5.82 Å². The molecule has 0 fully saturated rings. The van der Waals surface area contributed by atoms with Crippen LogP contribution in [-0.2, 0) is 0 Å². The zero-order valence-electron chi connectivity index (χ0n) is 13.7. The molecule has 0 aliphatic carbocycles. The summed E-state index contributed by atoms with van der Waals surface area (Å²) in [6, 6.07) is 2.39. The van der Waals surface area contributed by atoms with E-state index < -0.39 is 0 Å². The van der Waals surface area contributed by atoms with Gasteiger partial charge in [-0.15, -0.1) is 0 Å². The summed E-state index contributed by atoms with van der Waals surface area (Å²) in [5.41, 5.74) is 7.98. The molecule has 0 saturated heterocycles. The summed E-state index contributed by atoms with van der Waals surface area (Å²) < 4.78 is 1.90. The van der Waals surface area contributed by atoms with Crippen LogP contribution in [0.5, 0.6) is 0 Å². The molecule has 5 nitrogen and oxygen atoms in total. The first-order chi connectivity index (χ1) is 9.82. The van der Waals surface area contributed by atoms with E-state index in [0.717, 1.165) is 23.4 Å². The molecule has 3 N–H and O–H groups in total. The highest BCUT2D eigenvalue weighted by atomic mass is 15.2. The Labute approximate surface area is 126 Å². The highest BCUT2D eigenvalue weighted by molar-refractivity contribution is 5.68. The fraction of sp³-hybridized carbons (Fsp3) is 0.625. The van der Waals surface area contributed by atoms with Crippen molar-refractivity contribution in [2.75, 3.05) is 11.9 Å². The van der Waals surface area contributed by atoms with Crippen LogP contribution in [0, 0.1) is 5.41 Å². The van der Waals surface area contributed by atoms with Crippen molar-refractivity contribution in [2.45, 2.75) is 53.0 Å². The van der Waals surface area contributed by atoms with E-state index in [1.807, 2.05) is 10.7 Å². The second-order valence-corrected chi connectivity index (χ2v) is 6.97. The minimum atomic E-state index is 0.120. The quantitative estimate of drug-likeness (QED) is 0.887. The predicted octanol–water partition coefficient (Wildman–Crippen LogP) is 3.03. The molecule has 2 aromatic rings. The topological polar surface area (TPSA) is 68.2 Å². The van der Waals surface area contributed by atoms with Crippen molar-refractivity contribution in [2.24, 2.45) is 11.1 Å². The van der Waals surface area contributed by atoms with E-state index in [0.29, 0.717) is 12.5 Å². The third kappa shape index (κ3) is 3.53. The standard InChI is InChI=1S/C16H27N5/c1-11(2)12-10-13-15(18-8-9-21(13)20-12)19-14(6-7-17)16(3,4)5/h8-11,14H,6-7,17H2,1-5H3,(H,18,19). The van der Waals surface area contributed by atoms with E-state index >= 15 is 0 Å². The van der Waals surface area contributed by atoms with Crippen molar-refractivity contribution < 1.29 is 0 Å². The monoisotopic (exact) mass is 289 g/mol. The van der Waals surface area contributed by atoms with Crippen LogP contribution in [0.1, 0.15) is 52.7 Å². The van der Waals surface area contributed by atoms with E-state index in [-0.39, 0.29) is 11.5 Å². The van der Waals surface area contributed by atoms with E-state index in [1.54, 1.807) is 6.20 Å². The zero-order valence-corrected chi connectivity index (χ0v) is 13.7. The largest absolute Gasteiger partial charge is 0.365 e. The van der Waals surface area contributed by atoms with Gasteiger partial charge < -0.3 is 11.1 Å². The number of rotatable bonds is 5. The Hall–Kier alpha value is -1.62. The molecule has 0 amide bonds. The van der Waals surface area contributed by atoms with Gasteiger partial charge in [0, 0.05) is 18.4 Å².